The summed E-state index contributed by atoms with van der Waals surface area (Å²) in [6.07, 6.45) is 0. The first-order valence-electron chi connectivity index (χ1n) is 5.13. The molecule has 17 heavy (non-hydrogen) atoms. The highest BCUT2D eigenvalue weighted by Gasteiger charge is 2.08. The quantitative estimate of drug-likeness (QED) is 0.767. The minimum atomic E-state index is -0.140. The molecule has 0 atom stereocenters. The maximum atomic E-state index is 11.7. The van der Waals surface area contributed by atoms with Gasteiger partial charge in [0.1, 0.15) is 10.9 Å². The summed E-state index contributed by atoms with van der Waals surface area (Å²) in [5, 5.41) is 0.401. The van der Waals surface area contributed by atoms with E-state index >= 15 is 0 Å². The van der Waals surface area contributed by atoms with Crippen LogP contribution in [0.2, 0.25) is 5.15 Å². The number of benzene rings is 1. The van der Waals surface area contributed by atoms with Crippen molar-refractivity contribution in [1.82, 2.24) is 4.57 Å². The molecule has 0 saturated heterocycles. The van der Waals surface area contributed by atoms with Gasteiger partial charge in [0.05, 0.1) is 7.11 Å². The van der Waals surface area contributed by atoms with Gasteiger partial charge in [-0.1, -0.05) is 29.8 Å². The van der Waals surface area contributed by atoms with Gasteiger partial charge in [-0.3, -0.25) is 4.79 Å². The van der Waals surface area contributed by atoms with Gasteiger partial charge in [-0.05, 0) is 17.7 Å². The lowest BCUT2D eigenvalue weighted by Gasteiger charge is -2.09. The van der Waals surface area contributed by atoms with E-state index in [1.807, 2.05) is 24.3 Å². The Kier molecular flexibility index (Phi) is 3.20. The van der Waals surface area contributed by atoms with Gasteiger partial charge in [-0.2, -0.15) is 0 Å². The fraction of sp³-hybridized carbons (Fsp3) is 0.154. The molecule has 0 spiro atoms. The number of rotatable bonds is 2. The first-order valence-corrected chi connectivity index (χ1v) is 5.51. The predicted octanol–water partition coefficient (Wildman–Crippen LogP) is 2.71. The zero-order chi connectivity index (χ0) is 12.4. The molecule has 1 aromatic carbocycles. The van der Waals surface area contributed by atoms with Crippen LogP contribution < -0.4 is 10.3 Å². The number of nitrogens with zero attached hydrogens (tertiary/aromatic N) is 1. The van der Waals surface area contributed by atoms with Crippen LogP contribution in [0.3, 0.4) is 0 Å². The minimum Gasteiger partial charge on any atom is -0.496 e. The van der Waals surface area contributed by atoms with Crippen LogP contribution in [0.1, 0.15) is 0 Å². The van der Waals surface area contributed by atoms with E-state index in [4.69, 9.17) is 16.3 Å². The van der Waals surface area contributed by atoms with Crippen molar-refractivity contribution in [2.24, 2.45) is 7.05 Å². The molecule has 1 aromatic heterocycles. The van der Waals surface area contributed by atoms with Crippen LogP contribution in [-0.4, -0.2) is 11.7 Å². The van der Waals surface area contributed by atoms with Gasteiger partial charge in [0, 0.05) is 18.7 Å². The van der Waals surface area contributed by atoms with Crippen LogP contribution in [0, 0.1) is 0 Å². The molecule has 0 fully saturated rings. The molecule has 88 valence electrons. The normalized spacial score (nSPS) is 10.3. The molecule has 0 aliphatic rings. The first-order chi connectivity index (χ1) is 8.13. The second kappa shape index (κ2) is 4.63. The van der Waals surface area contributed by atoms with E-state index in [9.17, 15) is 4.79 Å². The Bertz CT molecular complexity index is 605. The SMILES string of the molecule is COc1ccccc1-c1cc(Cl)n(C)c(=O)c1. The number of halogens is 1. The van der Waals surface area contributed by atoms with Crippen LogP contribution in [-0.2, 0) is 7.05 Å². The van der Waals surface area contributed by atoms with Crippen LogP contribution in [0.4, 0.5) is 0 Å². The van der Waals surface area contributed by atoms with Gasteiger partial charge in [-0.25, -0.2) is 0 Å². The van der Waals surface area contributed by atoms with Crippen molar-refractivity contribution in [3.05, 3.63) is 51.9 Å². The van der Waals surface area contributed by atoms with E-state index < -0.39 is 0 Å². The van der Waals surface area contributed by atoms with Gasteiger partial charge in [-0.15, -0.1) is 0 Å². The van der Waals surface area contributed by atoms with Crippen LogP contribution in [0.5, 0.6) is 5.75 Å². The zero-order valence-electron chi connectivity index (χ0n) is 9.61. The summed E-state index contributed by atoms with van der Waals surface area (Å²) < 4.78 is 6.65. The van der Waals surface area contributed by atoms with E-state index in [1.165, 1.54) is 4.57 Å². The van der Waals surface area contributed by atoms with E-state index in [2.05, 4.69) is 0 Å². The Hall–Kier alpha value is -1.74. The largest absolute Gasteiger partial charge is 0.496 e. The van der Waals surface area contributed by atoms with Gasteiger partial charge in [0.2, 0.25) is 0 Å². The van der Waals surface area contributed by atoms with Crippen molar-refractivity contribution < 1.29 is 4.74 Å². The van der Waals surface area contributed by atoms with Gasteiger partial charge in [0.25, 0.3) is 5.56 Å². The standard InChI is InChI=1S/C13H12ClNO2/c1-15-12(14)7-9(8-13(15)16)10-5-3-4-6-11(10)17-2/h3-8H,1-2H3. The first kappa shape index (κ1) is 11.7. The molecule has 0 N–H and O–H groups in total. The third-order valence-electron chi connectivity index (χ3n) is 2.62. The highest BCUT2D eigenvalue weighted by atomic mass is 35.5. The second-order valence-electron chi connectivity index (χ2n) is 3.66. The van der Waals surface area contributed by atoms with Crippen LogP contribution in [0.25, 0.3) is 11.1 Å². The molecule has 0 aliphatic heterocycles. The van der Waals surface area contributed by atoms with Crippen molar-refractivity contribution in [3.8, 4) is 16.9 Å². The molecule has 0 aliphatic carbocycles. The van der Waals surface area contributed by atoms with Crippen molar-refractivity contribution >= 4 is 11.6 Å². The predicted molar refractivity (Wildman–Crippen MR) is 68.7 cm³/mol. The molecule has 4 heteroatoms. The Labute approximate surface area is 104 Å². The van der Waals surface area contributed by atoms with E-state index in [-0.39, 0.29) is 5.56 Å². The van der Waals surface area contributed by atoms with Crippen LogP contribution >= 0.6 is 11.6 Å². The Morgan fingerprint density at radius 1 is 1.24 bits per heavy atom. The maximum absolute atomic E-state index is 11.7. The molecule has 2 aromatic rings. The van der Waals surface area contributed by atoms with E-state index in [1.54, 1.807) is 26.3 Å². The average molecular weight is 250 g/mol. The second-order valence-corrected chi connectivity index (χ2v) is 4.05. The Balaban J connectivity index is 2.65. The van der Waals surface area contributed by atoms with Crippen molar-refractivity contribution in [1.29, 1.82) is 0 Å². The number of methoxy groups -OCH3 is 1. The zero-order valence-corrected chi connectivity index (χ0v) is 10.4. The fourth-order valence-corrected chi connectivity index (χ4v) is 1.84. The Morgan fingerprint density at radius 2 is 1.94 bits per heavy atom. The lowest BCUT2D eigenvalue weighted by Crippen LogP contribution is -2.15. The number of ether oxygens (including phenoxy) is 1. The lowest BCUT2D eigenvalue weighted by atomic mass is 10.1. The number of pyridine rings is 1. The molecule has 0 saturated carbocycles. The molecular formula is C13H12ClNO2. The summed E-state index contributed by atoms with van der Waals surface area (Å²) in [6.45, 7) is 0. The summed E-state index contributed by atoms with van der Waals surface area (Å²) >= 11 is 5.99. The minimum absolute atomic E-state index is 0.140. The molecule has 0 unspecified atom stereocenters. The fourth-order valence-electron chi connectivity index (χ4n) is 1.64. The van der Waals surface area contributed by atoms with E-state index in [0.717, 1.165) is 16.9 Å². The van der Waals surface area contributed by atoms with Gasteiger partial charge in [0.15, 0.2) is 0 Å². The summed E-state index contributed by atoms with van der Waals surface area (Å²) in [7, 11) is 3.23. The number of hydrogen-bond donors (Lipinski definition) is 0. The Morgan fingerprint density at radius 3 is 2.59 bits per heavy atom. The number of para-hydroxylation sites is 1. The maximum Gasteiger partial charge on any atom is 0.252 e. The topological polar surface area (TPSA) is 31.2 Å². The summed E-state index contributed by atoms with van der Waals surface area (Å²) in [6, 6.07) is 10.8. The molecule has 0 bridgehead atoms. The van der Waals surface area contributed by atoms with Crippen LogP contribution in [0.15, 0.2) is 41.2 Å². The van der Waals surface area contributed by atoms with E-state index in [0.29, 0.717) is 5.15 Å². The molecule has 2 rings (SSSR count). The third kappa shape index (κ3) is 2.19. The molecule has 0 radical (unpaired) electrons. The lowest BCUT2D eigenvalue weighted by molar-refractivity contribution is 0.416. The van der Waals surface area contributed by atoms with Crippen molar-refractivity contribution in [2.45, 2.75) is 0 Å². The third-order valence-corrected chi connectivity index (χ3v) is 2.99. The average Bonchev–Trinajstić information content (AvgIpc) is 2.35. The highest BCUT2D eigenvalue weighted by molar-refractivity contribution is 6.29. The molecular weight excluding hydrogens is 238 g/mol. The summed E-state index contributed by atoms with van der Waals surface area (Å²) in [5.74, 6) is 0.719. The highest BCUT2D eigenvalue weighted by Crippen LogP contribution is 2.29. The summed E-state index contributed by atoms with van der Waals surface area (Å²) in [5.41, 5.74) is 1.48. The molecule has 3 nitrogen and oxygen atoms in total. The summed E-state index contributed by atoms with van der Waals surface area (Å²) in [4.78, 5) is 11.7. The van der Waals surface area contributed by atoms with Gasteiger partial charge >= 0.3 is 0 Å². The van der Waals surface area contributed by atoms with Gasteiger partial charge < -0.3 is 9.30 Å². The monoisotopic (exact) mass is 249 g/mol. The molecule has 1 heterocycles. The van der Waals surface area contributed by atoms with Crippen molar-refractivity contribution in [2.75, 3.05) is 7.11 Å². The number of aromatic nitrogens is 1. The molecule has 0 amide bonds. The smallest absolute Gasteiger partial charge is 0.252 e. The van der Waals surface area contributed by atoms with Crippen molar-refractivity contribution in [3.63, 3.8) is 0 Å². The number of hydrogen-bond acceptors (Lipinski definition) is 2.